The highest BCUT2D eigenvalue weighted by Crippen LogP contribution is 2.16. The number of hydrogen-bond acceptors (Lipinski definition) is 5. The quantitative estimate of drug-likeness (QED) is 0.0323. The molecule has 3 N–H and O–H groups in total. The molecule has 0 heterocycles. The fourth-order valence-corrected chi connectivity index (χ4v) is 7.87. The molecule has 57 heavy (non-hydrogen) atoms. The van der Waals surface area contributed by atoms with Crippen LogP contribution < -0.4 is 5.32 Å². The van der Waals surface area contributed by atoms with Gasteiger partial charge in [0, 0.05) is 12.8 Å². The maximum Gasteiger partial charge on any atom is 0.305 e. The molecule has 0 saturated carbocycles. The summed E-state index contributed by atoms with van der Waals surface area (Å²) in [6.07, 6.45) is 53.1. The van der Waals surface area contributed by atoms with E-state index < -0.39 is 12.1 Å². The summed E-state index contributed by atoms with van der Waals surface area (Å²) >= 11 is 0. The second-order valence-corrected chi connectivity index (χ2v) is 17.5. The third-order valence-corrected chi connectivity index (χ3v) is 11.8. The van der Waals surface area contributed by atoms with E-state index in [2.05, 4.69) is 31.3 Å². The normalized spacial score (nSPS) is 12.7. The van der Waals surface area contributed by atoms with Crippen molar-refractivity contribution in [3.05, 3.63) is 12.2 Å². The molecule has 0 aromatic rings. The molecule has 338 valence electrons. The number of rotatable bonds is 47. The highest BCUT2D eigenvalue weighted by molar-refractivity contribution is 5.76. The molecule has 0 saturated heterocycles. The lowest BCUT2D eigenvalue weighted by atomic mass is 10.0. The topological polar surface area (TPSA) is 95.9 Å². The van der Waals surface area contributed by atoms with Gasteiger partial charge in [-0.3, -0.25) is 9.59 Å². The molecule has 1 amide bonds. The van der Waals surface area contributed by atoms with E-state index >= 15 is 0 Å². The molecule has 0 bridgehead atoms. The van der Waals surface area contributed by atoms with Gasteiger partial charge in [0.05, 0.1) is 25.4 Å². The molecule has 0 spiro atoms. The van der Waals surface area contributed by atoms with Crippen LogP contribution in [0.3, 0.4) is 0 Å². The fourth-order valence-electron chi connectivity index (χ4n) is 7.87. The Bertz CT molecular complexity index is 847. The van der Waals surface area contributed by atoms with Crippen molar-refractivity contribution in [1.82, 2.24) is 5.32 Å². The van der Waals surface area contributed by atoms with Gasteiger partial charge in [0.25, 0.3) is 0 Å². The molecule has 0 aromatic carbocycles. The second-order valence-electron chi connectivity index (χ2n) is 17.5. The average molecular weight is 806 g/mol. The van der Waals surface area contributed by atoms with Gasteiger partial charge < -0.3 is 20.3 Å². The van der Waals surface area contributed by atoms with Crippen LogP contribution in [0.15, 0.2) is 12.2 Å². The smallest absolute Gasteiger partial charge is 0.305 e. The van der Waals surface area contributed by atoms with Crippen molar-refractivity contribution < 1.29 is 24.5 Å². The number of carbonyl (C=O) groups excluding carboxylic acids is 2. The SMILES string of the molecule is CCCCCCC/C=C\CCCCCCCC(=O)OCCCCCCCCCCCC(=O)NC(CO)C(O)CCCCCCCCCCCCCCCCCCC. The molecule has 0 aliphatic heterocycles. The van der Waals surface area contributed by atoms with Crippen molar-refractivity contribution in [2.45, 2.75) is 289 Å². The molecule has 0 fully saturated rings. The minimum absolute atomic E-state index is 0.0330. The van der Waals surface area contributed by atoms with E-state index in [4.69, 9.17) is 4.74 Å². The van der Waals surface area contributed by atoms with E-state index in [1.807, 2.05) is 0 Å². The number of unbranched alkanes of at least 4 members (excludes halogenated alkanes) is 34. The standard InChI is InChI=1S/C51H99NO5/c1-3-5-7-9-11-13-15-17-19-20-21-22-24-27-31-35-39-43-49(54)48(47-53)52-50(55)44-40-36-32-28-26-30-34-38-42-46-57-51(56)45-41-37-33-29-25-23-18-16-14-12-10-8-6-4-2/h16,18,48-49,53-54H,3-15,17,19-47H2,1-2H3,(H,52,55)/b18-16-. The number of nitrogens with one attached hydrogen (secondary N) is 1. The Kier molecular flexibility index (Phi) is 46.1. The molecule has 2 atom stereocenters. The Morgan fingerprint density at radius 1 is 0.474 bits per heavy atom. The highest BCUT2D eigenvalue weighted by atomic mass is 16.5. The lowest BCUT2D eigenvalue weighted by Gasteiger charge is -2.22. The second kappa shape index (κ2) is 47.3. The van der Waals surface area contributed by atoms with Crippen molar-refractivity contribution in [2.75, 3.05) is 13.2 Å². The van der Waals surface area contributed by atoms with E-state index in [0.29, 0.717) is 25.9 Å². The first kappa shape index (κ1) is 55.6. The van der Waals surface area contributed by atoms with Gasteiger partial charge in [0.15, 0.2) is 0 Å². The number of esters is 1. The first-order valence-corrected chi connectivity index (χ1v) is 25.4. The van der Waals surface area contributed by atoms with Gasteiger partial charge in [-0.1, -0.05) is 225 Å². The van der Waals surface area contributed by atoms with Crippen molar-refractivity contribution in [1.29, 1.82) is 0 Å². The first-order valence-electron chi connectivity index (χ1n) is 25.4. The van der Waals surface area contributed by atoms with E-state index in [1.165, 1.54) is 186 Å². The number of allylic oxidation sites excluding steroid dienone is 2. The Labute approximate surface area is 355 Å². The average Bonchev–Trinajstić information content (AvgIpc) is 3.21. The summed E-state index contributed by atoms with van der Waals surface area (Å²) in [5, 5.41) is 23.2. The lowest BCUT2D eigenvalue weighted by Crippen LogP contribution is -2.45. The molecule has 6 heteroatoms. The predicted molar refractivity (Wildman–Crippen MR) is 246 cm³/mol. The molecule has 0 rings (SSSR count). The van der Waals surface area contributed by atoms with Crippen LogP contribution in [0.25, 0.3) is 0 Å². The third-order valence-electron chi connectivity index (χ3n) is 11.8. The van der Waals surface area contributed by atoms with Gasteiger partial charge in [0.1, 0.15) is 0 Å². The largest absolute Gasteiger partial charge is 0.466 e. The molecule has 6 nitrogen and oxygen atoms in total. The van der Waals surface area contributed by atoms with Crippen LogP contribution in [0.5, 0.6) is 0 Å². The Morgan fingerprint density at radius 3 is 1.25 bits per heavy atom. The zero-order valence-electron chi connectivity index (χ0n) is 38.3. The van der Waals surface area contributed by atoms with E-state index in [-0.39, 0.29) is 18.5 Å². The minimum atomic E-state index is -0.681. The Balaban J connectivity index is 3.49. The number of carbonyl (C=O) groups is 2. The summed E-state index contributed by atoms with van der Waals surface area (Å²) in [5.41, 5.74) is 0. The van der Waals surface area contributed by atoms with E-state index in [9.17, 15) is 19.8 Å². The summed E-state index contributed by atoms with van der Waals surface area (Å²) in [6.45, 7) is 4.88. The Morgan fingerprint density at radius 2 is 0.825 bits per heavy atom. The molecule has 2 unspecified atom stereocenters. The van der Waals surface area contributed by atoms with Crippen LogP contribution in [0, 0.1) is 0 Å². The van der Waals surface area contributed by atoms with Crippen molar-refractivity contribution in [2.24, 2.45) is 0 Å². The third kappa shape index (κ3) is 44.0. The Hall–Kier alpha value is -1.40. The summed E-state index contributed by atoms with van der Waals surface area (Å²) < 4.78 is 5.44. The maximum absolute atomic E-state index is 12.4. The highest BCUT2D eigenvalue weighted by Gasteiger charge is 2.20. The fraction of sp³-hybridized carbons (Fsp3) is 0.922. The van der Waals surface area contributed by atoms with Gasteiger partial charge in [-0.2, -0.15) is 0 Å². The van der Waals surface area contributed by atoms with Crippen molar-refractivity contribution in [3.63, 3.8) is 0 Å². The van der Waals surface area contributed by atoms with Crippen LogP contribution in [0.4, 0.5) is 0 Å². The maximum atomic E-state index is 12.4. The molecule has 0 aromatic heterocycles. The van der Waals surface area contributed by atoms with Gasteiger partial charge >= 0.3 is 5.97 Å². The number of aliphatic hydroxyl groups excluding tert-OH is 2. The lowest BCUT2D eigenvalue weighted by molar-refractivity contribution is -0.143. The van der Waals surface area contributed by atoms with Crippen LogP contribution >= 0.6 is 0 Å². The van der Waals surface area contributed by atoms with Gasteiger partial charge in [-0.25, -0.2) is 0 Å². The van der Waals surface area contributed by atoms with Crippen molar-refractivity contribution >= 4 is 11.9 Å². The van der Waals surface area contributed by atoms with E-state index in [1.54, 1.807) is 0 Å². The zero-order chi connectivity index (χ0) is 41.5. The molecule has 0 aliphatic rings. The van der Waals surface area contributed by atoms with Crippen molar-refractivity contribution in [3.8, 4) is 0 Å². The summed E-state index contributed by atoms with van der Waals surface area (Å²) in [4.78, 5) is 24.5. The number of ether oxygens (including phenoxy) is 1. The van der Waals surface area contributed by atoms with Crippen LogP contribution in [-0.4, -0.2) is 47.4 Å². The number of aliphatic hydroxyl groups is 2. The van der Waals surface area contributed by atoms with Crippen LogP contribution in [0.2, 0.25) is 0 Å². The number of amides is 1. The van der Waals surface area contributed by atoms with Crippen LogP contribution in [-0.2, 0) is 14.3 Å². The minimum Gasteiger partial charge on any atom is -0.466 e. The molecular weight excluding hydrogens is 707 g/mol. The predicted octanol–water partition coefficient (Wildman–Crippen LogP) is 15.0. The molecule has 0 radical (unpaired) electrons. The molecule has 0 aliphatic carbocycles. The summed E-state index contributed by atoms with van der Waals surface area (Å²) in [5.74, 6) is -0.0944. The van der Waals surface area contributed by atoms with E-state index in [0.717, 1.165) is 57.8 Å². The van der Waals surface area contributed by atoms with Crippen LogP contribution in [0.1, 0.15) is 277 Å². The summed E-state index contributed by atoms with van der Waals surface area (Å²) in [7, 11) is 0. The number of hydrogen-bond donors (Lipinski definition) is 3. The first-order chi connectivity index (χ1) is 28.0. The zero-order valence-corrected chi connectivity index (χ0v) is 38.3. The molecular formula is C51H99NO5. The van der Waals surface area contributed by atoms with Gasteiger partial charge in [-0.15, -0.1) is 0 Å². The summed E-state index contributed by atoms with van der Waals surface area (Å²) in [6, 6.07) is -0.561. The van der Waals surface area contributed by atoms with Gasteiger partial charge in [0.2, 0.25) is 5.91 Å². The monoisotopic (exact) mass is 806 g/mol. The van der Waals surface area contributed by atoms with Gasteiger partial charge in [-0.05, 0) is 51.4 Å².